The Morgan fingerprint density at radius 1 is 1.47 bits per heavy atom. The number of carbonyl (C=O) groups is 1. The van der Waals surface area contributed by atoms with E-state index in [-0.39, 0.29) is 12.5 Å². The van der Waals surface area contributed by atoms with Gasteiger partial charge < -0.3 is 10.4 Å². The van der Waals surface area contributed by atoms with Crippen molar-refractivity contribution in [3.05, 3.63) is 29.2 Å². The molecule has 0 atom stereocenters. The number of carbonyl (C=O) groups excluding carboxylic acids is 1. The molecule has 0 aliphatic rings. The molecule has 0 spiro atoms. The van der Waals surface area contributed by atoms with Gasteiger partial charge in [-0.05, 0) is 26.3 Å². The number of rotatable bonds is 5. The van der Waals surface area contributed by atoms with Crippen molar-refractivity contribution in [2.45, 2.75) is 33.2 Å². The lowest BCUT2D eigenvalue weighted by Crippen LogP contribution is -2.22. The highest BCUT2D eigenvalue weighted by Crippen LogP contribution is 2.11. The topological polar surface area (TPSA) is 79.5 Å². The molecule has 1 amide bonds. The molecule has 2 aromatic heterocycles. The van der Waals surface area contributed by atoms with Gasteiger partial charge in [0.05, 0.1) is 6.20 Å². The van der Waals surface area contributed by atoms with Crippen molar-refractivity contribution in [3.63, 3.8) is 0 Å². The molecule has 19 heavy (non-hydrogen) atoms. The van der Waals surface area contributed by atoms with E-state index in [1.807, 2.05) is 19.9 Å². The van der Waals surface area contributed by atoms with Crippen LogP contribution in [-0.2, 0) is 11.3 Å². The average molecular weight is 262 g/mol. The highest BCUT2D eigenvalue weighted by Gasteiger charge is 2.09. The number of fused-ring (bicyclic) bond motifs is 1. The summed E-state index contributed by atoms with van der Waals surface area (Å²) in [6, 6.07) is 1.96. The van der Waals surface area contributed by atoms with E-state index < -0.39 is 0 Å². The lowest BCUT2D eigenvalue weighted by Gasteiger charge is -2.04. The van der Waals surface area contributed by atoms with Crippen LogP contribution in [0.15, 0.2) is 12.3 Å². The summed E-state index contributed by atoms with van der Waals surface area (Å²) < 4.78 is 1.77. The fourth-order valence-electron chi connectivity index (χ4n) is 1.96. The smallest absolute Gasteiger partial charge is 0.220 e. The van der Waals surface area contributed by atoms with Gasteiger partial charge in [-0.1, -0.05) is 0 Å². The normalized spacial score (nSPS) is 10.9. The van der Waals surface area contributed by atoms with Crippen LogP contribution in [0.2, 0.25) is 0 Å². The molecule has 0 aromatic carbocycles. The highest BCUT2D eigenvalue weighted by atomic mass is 16.3. The number of aromatic nitrogens is 3. The molecule has 0 aliphatic carbocycles. The zero-order valence-electron chi connectivity index (χ0n) is 11.2. The van der Waals surface area contributed by atoms with Crippen molar-refractivity contribution < 1.29 is 9.90 Å². The first-order valence-corrected chi connectivity index (χ1v) is 6.30. The van der Waals surface area contributed by atoms with Crippen molar-refractivity contribution in [1.29, 1.82) is 0 Å². The molecule has 0 bridgehead atoms. The second-order valence-electron chi connectivity index (χ2n) is 4.55. The number of nitrogens with zero attached hydrogens (tertiary/aromatic N) is 3. The number of hydrogen-bond acceptors (Lipinski definition) is 4. The molecular formula is C13H18N4O2. The Morgan fingerprint density at radius 3 is 3.00 bits per heavy atom. The maximum atomic E-state index is 11.5. The molecule has 2 aromatic rings. The Balaban J connectivity index is 2.11. The van der Waals surface area contributed by atoms with E-state index in [1.165, 1.54) is 0 Å². The fourth-order valence-corrected chi connectivity index (χ4v) is 1.96. The van der Waals surface area contributed by atoms with Gasteiger partial charge >= 0.3 is 0 Å². The summed E-state index contributed by atoms with van der Waals surface area (Å²) in [7, 11) is 0. The third-order valence-electron chi connectivity index (χ3n) is 2.89. The Hall–Kier alpha value is -1.95. The third-order valence-corrected chi connectivity index (χ3v) is 2.89. The molecule has 2 heterocycles. The van der Waals surface area contributed by atoms with Crippen molar-refractivity contribution in [2.75, 3.05) is 6.61 Å². The predicted octanol–water partition coefficient (Wildman–Crippen LogP) is 0.735. The largest absolute Gasteiger partial charge is 0.396 e. The molecule has 2 N–H and O–H groups in total. The minimum Gasteiger partial charge on any atom is -0.396 e. The van der Waals surface area contributed by atoms with Crippen LogP contribution in [0.5, 0.6) is 0 Å². The monoisotopic (exact) mass is 262 g/mol. The van der Waals surface area contributed by atoms with E-state index >= 15 is 0 Å². The van der Waals surface area contributed by atoms with Crippen molar-refractivity contribution in [2.24, 2.45) is 0 Å². The summed E-state index contributed by atoms with van der Waals surface area (Å²) in [6.07, 6.45) is 2.54. The fraction of sp³-hybridized carbons (Fsp3) is 0.462. The van der Waals surface area contributed by atoms with Crippen LogP contribution in [0.25, 0.3) is 5.65 Å². The summed E-state index contributed by atoms with van der Waals surface area (Å²) in [5, 5.41) is 15.7. The van der Waals surface area contributed by atoms with Crippen LogP contribution in [0.4, 0.5) is 0 Å². The van der Waals surface area contributed by atoms with E-state index in [0.717, 1.165) is 22.6 Å². The van der Waals surface area contributed by atoms with Gasteiger partial charge in [0.1, 0.15) is 0 Å². The Morgan fingerprint density at radius 2 is 2.26 bits per heavy atom. The average Bonchev–Trinajstić information content (AvgIpc) is 2.77. The lowest BCUT2D eigenvalue weighted by atomic mass is 10.2. The van der Waals surface area contributed by atoms with Gasteiger partial charge in [-0.2, -0.15) is 5.10 Å². The third kappa shape index (κ3) is 3.08. The molecule has 102 valence electrons. The Bertz CT molecular complexity index is 592. The maximum absolute atomic E-state index is 11.5. The van der Waals surface area contributed by atoms with Gasteiger partial charge in [0.15, 0.2) is 5.65 Å². The first kappa shape index (κ1) is 13.5. The predicted molar refractivity (Wildman–Crippen MR) is 70.6 cm³/mol. The van der Waals surface area contributed by atoms with Crippen molar-refractivity contribution in [1.82, 2.24) is 19.9 Å². The van der Waals surface area contributed by atoms with E-state index in [0.29, 0.717) is 19.4 Å². The summed E-state index contributed by atoms with van der Waals surface area (Å²) in [6.45, 7) is 4.34. The zero-order valence-corrected chi connectivity index (χ0v) is 11.2. The zero-order chi connectivity index (χ0) is 13.8. The Labute approximate surface area is 111 Å². The summed E-state index contributed by atoms with van der Waals surface area (Å²) >= 11 is 0. The number of nitrogens with one attached hydrogen (secondary N) is 1. The van der Waals surface area contributed by atoms with Gasteiger partial charge in [0.25, 0.3) is 0 Å². The quantitative estimate of drug-likeness (QED) is 0.832. The molecule has 0 saturated heterocycles. The molecule has 0 fully saturated rings. The van der Waals surface area contributed by atoms with Crippen LogP contribution >= 0.6 is 0 Å². The number of aryl methyl sites for hydroxylation is 2. The van der Waals surface area contributed by atoms with E-state index in [9.17, 15) is 4.79 Å². The van der Waals surface area contributed by atoms with E-state index in [1.54, 1.807) is 10.7 Å². The van der Waals surface area contributed by atoms with E-state index in [4.69, 9.17) is 5.11 Å². The minimum absolute atomic E-state index is 0.0318. The first-order valence-electron chi connectivity index (χ1n) is 6.30. The molecule has 0 unspecified atom stereocenters. The number of hydrogen-bond donors (Lipinski definition) is 2. The Kier molecular flexibility index (Phi) is 4.11. The first-order chi connectivity index (χ1) is 9.11. The molecule has 6 heteroatoms. The summed E-state index contributed by atoms with van der Waals surface area (Å²) in [4.78, 5) is 15.9. The molecule has 2 rings (SSSR count). The van der Waals surface area contributed by atoms with Crippen LogP contribution in [0.3, 0.4) is 0 Å². The molecule has 0 radical (unpaired) electrons. The van der Waals surface area contributed by atoms with Gasteiger partial charge in [0.2, 0.25) is 5.91 Å². The highest BCUT2D eigenvalue weighted by molar-refractivity contribution is 5.76. The summed E-state index contributed by atoms with van der Waals surface area (Å²) in [5.74, 6) is -0.0715. The standard InChI is InChI=1S/C13H18N4O2/c1-9-6-10(2)17-13(16-9)11(8-15-17)7-14-12(19)4-3-5-18/h6,8,18H,3-5,7H2,1-2H3,(H,14,19). The van der Waals surface area contributed by atoms with Crippen molar-refractivity contribution >= 4 is 11.6 Å². The van der Waals surface area contributed by atoms with Gasteiger partial charge in [-0.25, -0.2) is 9.50 Å². The second-order valence-corrected chi connectivity index (χ2v) is 4.55. The maximum Gasteiger partial charge on any atom is 0.220 e. The lowest BCUT2D eigenvalue weighted by molar-refractivity contribution is -0.121. The van der Waals surface area contributed by atoms with Gasteiger partial charge in [-0.15, -0.1) is 0 Å². The molecule has 0 aliphatic heterocycles. The molecule has 0 saturated carbocycles. The summed E-state index contributed by atoms with van der Waals surface area (Å²) in [5.41, 5.74) is 3.61. The van der Waals surface area contributed by atoms with Crippen molar-refractivity contribution in [3.8, 4) is 0 Å². The minimum atomic E-state index is -0.0715. The van der Waals surface area contributed by atoms with Crippen LogP contribution < -0.4 is 5.32 Å². The number of aliphatic hydroxyl groups excluding tert-OH is 1. The van der Waals surface area contributed by atoms with Gasteiger partial charge in [-0.3, -0.25) is 4.79 Å². The SMILES string of the molecule is Cc1cc(C)n2ncc(CNC(=O)CCCO)c2n1. The van der Waals surface area contributed by atoms with E-state index in [2.05, 4.69) is 15.4 Å². The number of aliphatic hydroxyl groups is 1. The van der Waals surface area contributed by atoms with Crippen LogP contribution in [0.1, 0.15) is 29.8 Å². The molecular weight excluding hydrogens is 244 g/mol. The van der Waals surface area contributed by atoms with Crippen LogP contribution in [-0.4, -0.2) is 32.2 Å². The van der Waals surface area contributed by atoms with Crippen LogP contribution in [0, 0.1) is 13.8 Å². The number of amides is 1. The second kappa shape index (κ2) is 5.79. The van der Waals surface area contributed by atoms with Gasteiger partial charge in [0, 0.05) is 36.5 Å². The molecule has 6 nitrogen and oxygen atoms in total.